The first-order valence-corrected chi connectivity index (χ1v) is 7.66. The van der Waals surface area contributed by atoms with Crippen molar-refractivity contribution in [3.05, 3.63) is 21.3 Å². The van der Waals surface area contributed by atoms with E-state index in [9.17, 15) is 0 Å². The topological polar surface area (TPSA) is 12.0 Å². The van der Waals surface area contributed by atoms with E-state index in [0.717, 1.165) is 17.3 Å². The van der Waals surface area contributed by atoms with Crippen molar-refractivity contribution in [3.63, 3.8) is 0 Å². The van der Waals surface area contributed by atoms with Gasteiger partial charge in [0, 0.05) is 10.9 Å². The van der Waals surface area contributed by atoms with Crippen LogP contribution in [-0.4, -0.2) is 12.6 Å². The molecule has 0 radical (unpaired) electrons. The molecule has 1 aromatic heterocycles. The van der Waals surface area contributed by atoms with E-state index in [1.807, 2.05) is 6.07 Å². The Morgan fingerprint density at radius 1 is 1.35 bits per heavy atom. The molecule has 0 aromatic carbocycles. The highest BCUT2D eigenvalue weighted by Gasteiger charge is 2.27. The minimum absolute atomic E-state index is 0.325. The van der Waals surface area contributed by atoms with Gasteiger partial charge in [-0.3, -0.25) is 0 Å². The maximum Gasteiger partial charge on any atom is 0.0931 e. The Morgan fingerprint density at radius 2 is 2.06 bits per heavy atom. The minimum atomic E-state index is 0.325. The zero-order valence-electron chi connectivity index (χ0n) is 11.3. The van der Waals surface area contributed by atoms with Crippen molar-refractivity contribution in [2.75, 3.05) is 6.54 Å². The summed E-state index contributed by atoms with van der Waals surface area (Å²) in [5, 5.41) is 3.68. The highest BCUT2D eigenvalue weighted by Crippen LogP contribution is 2.30. The van der Waals surface area contributed by atoms with Gasteiger partial charge in [0.15, 0.2) is 0 Å². The molecule has 0 aliphatic rings. The molecule has 0 bridgehead atoms. The van der Waals surface area contributed by atoms with Crippen LogP contribution >= 0.6 is 22.9 Å². The summed E-state index contributed by atoms with van der Waals surface area (Å²) in [5.74, 6) is 0. The second-order valence-corrected chi connectivity index (χ2v) is 7.06. The van der Waals surface area contributed by atoms with Crippen molar-refractivity contribution in [3.8, 4) is 0 Å². The first kappa shape index (κ1) is 15.0. The highest BCUT2D eigenvalue weighted by atomic mass is 35.5. The molecule has 1 heterocycles. The Labute approximate surface area is 115 Å². The maximum absolute atomic E-state index is 5.99. The third-order valence-corrected chi connectivity index (χ3v) is 4.78. The van der Waals surface area contributed by atoms with E-state index in [4.69, 9.17) is 11.6 Å². The van der Waals surface area contributed by atoms with Crippen LogP contribution < -0.4 is 5.32 Å². The van der Waals surface area contributed by atoms with Crippen molar-refractivity contribution >= 4 is 22.9 Å². The lowest BCUT2D eigenvalue weighted by Gasteiger charge is -2.34. The summed E-state index contributed by atoms with van der Waals surface area (Å²) >= 11 is 7.70. The zero-order valence-corrected chi connectivity index (χ0v) is 12.9. The smallest absolute Gasteiger partial charge is 0.0931 e. The second kappa shape index (κ2) is 6.77. The molecule has 1 N–H and O–H groups in total. The van der Waals surface area contributed by atoms with Crippen LogP contribution in [-0.2, 0) is 6.42 Å². The Balaban J connectivity index is 2.69. The molecule has 3 heteroatoms. The Hall–Kier alpha value is -0.0500. The van der Waals surface area contributed by atoms with E-state index in [1.54, 1.807) is 11.3 Å². The molecule has 0 fully saturated rings. The second-order valence-electron chi connectivity index (χ2n) is 5.26. The fourth-order valence-corrected chi connectivity index (χ4v) is 2.99. The van der Waals surface area contributed by atoms with Gasteiger partial charge in [0.1, 0.15) is 0 Å². The Morgan fingerprint density at radius 3 is 2.53 bits per heavy atom. The van der Waals surface area contributed by atoms with Gasteiger partial charge in [-0.15, -0.1) is 11.3 Å². The number of hydrogen-bond acceptors (Lipinski definition) is 2. The average molecular weight is 274 g/mol. The van der Waals surface area contributed by atoms with E-state index in [0.29, 0.717) is 11.5 Å². The summed E-state index contributed by atoms with van der Waals surface area (Å²) in [4.78, 5) is 1.38. The van der Waals surface area contributed by atoms with Crippen LogP contribution in [0.2, 0.25) is 4.34 Å². The monoisotopic (exact) mass is 273 g/mol. The quantitative estimate of drug-likeness (QED) is 0.756. The summed E-state index contributed by atoms with van der Waals surface area (Å²) in [6, 6.07) is 4.68. The van der Waals surface area contributed by atoms with Crippen LogP contribution in [0.3, 0.4) is 0 Å². The number of nitrogens with one attached hydrogen (secondary N) is 1. The van der Waals surface area contributed by atoms with Crippen LogP contribution in [0, 0.1) is 5.41 Å². The standard InChI is InChI=1S/C14H24ClNS/c1-5-9-16-12(14(3,4)6-2)10-11-7-8-13(15)17-11/h7-8,12,16H,5-6,9-10H2,1-4H3. The van der Waals surface area contributed by atoms with Crippen molar-refractivity contribution in [1.29, 1.82) is 0 Å². The van der Waals surface area contributed by atoms with Crippen LogP contribution in [0.1, 0.15) is 45.4 Å². The van der Waals surface area contributed by atoms with E-state index in [1.165, 1.54) is 17.7 Å². The molecule has 0 saturated carbocycles. The molecule has 98 valence electrons. The lowest BCUT2D eigenvalue weighted by atomic mass is 9.80. The fourth-order valence-electron chi connectivity index (χ4n) is 1.85. The molecule has 1 atom stereocenters. The number of halogens is 1. The predicted molar refractivity (Wildman–Crippen MR) is 79.2 cm³/mol. The van der Waals surface area contributed by atoms with Crippen molar-refractivity contribution in [2.24, 2.45) is 5.41 Å². The predicted octanol–water partition coefficient (Wildman–Crippen LogP) is 4.75. The molecule has 0 amide bonds. The summed E-state index contributed by atoms with van der Waals surface area (Å²) in [5.41, 5.74) is 0.325. The maximum atomic E-state index is 5.99. The van der Waals surface area contributed by atoms with Gasteiger partial charge in [0.25, 0.3) is 0 Å². The van der Waals surface area contributed by atoms with Crippen LogP contribution in [0.5, 0.6) is 0 Å². The third kappa shape index (κ3) is 4.61. The van der Waals surface area contributed by atoms with E-state index in [-0.39, 0.29) is 0 Å². The van der Waals surface area contributed by atoms with Gasteiger partial charge >= 0.3 is 0 Å². The van der Waals surface area contributed by atoms with Crippen molar-refractivity contribution in [2.45, 2.75) is 53.0 Å². The van der Waals surface area contributed by atoms with Gasteiger partial charge in [0.2, 0.25) is 0 Å². The number of hydrogen-bond donors (Lipinski definition) is 1. The summed E-state index contributed by atoms with van der Waals surface area (Å²) in [7, 11) is 0. The van der Waals surface area contributed by atoms with Gasteiger partial charge in [-0.1, -0.05) is 39.3 Å². The molecule has 1 nitrogen and oxygen atoms in total. The van der Waals surface area contributed by atoms with Crippen LogP contribution in [0.15, 0.2) is 12.1 Å². The minimum Gasteiger partial charge on any atom is -0.313 e. The molecular weight excluding hydrogens is 250 g/mol. The fraction of sp³-hybridized carbons (Fsp3) is 0.714. The lowest BCUT2D eigenvalue weighted by molar-refractivity contribution is 0.231. The Bertz CT molecular complexity index is 333. The van der Waals surface area contributed by atoms with Gasteiger partial charge in [-0.05, 0) is 43.4 Å². The zero-order chi connectivity index (χ0) is 12.9. The summed E-state index contributed by atoms with van der Waals surface area (Å²) in [6.07, 6.45) is 3.45. The SMILES string of the molecule is CCCNC(Cc1ccc(Cl)s1)C(C)(C)CC. The van der Waals surface area contributed by atoms with Gasteiger partial charge in [-0.2, -0.15) is 0 Å². The van der Waals surface area contributed by atoms with Crippen LogP contribution in [0.4, 0.5) is 0 Å². The molecule has 0 spiro atoms. The summed E-state index contributed by atoms with van der Waals surface area (Å²) in [6.45, 7) is 10.3. The average Bonchev–Trinajstić information content (AvgIpc) is 2.70. The largest absolute Gasteiger partial charge is 0.313 e. The lowest BCUT2D eigenvalue weighted by Crippen LogP contribution is -2.43. The molecule has 0 aliphatic heterocycles. The van der Waals surface area contributed by atoms with E-state index < -0.39 is 0 Å². The third-order valence-electron chi connectivity index (χ3n) is 3.53. The van der Waals surface area contributed by atoms with Crippen molar-refractivity contribution < 1.29 is 0 Å². The molecular formula is C14H24ClNS. The van der Waals surface area contributed by atoms with Crippen LogP contribution in [0.25, 0.3) is 0 Å². The summed E-state index contributed by atoms with van der Waals surface area (Å²) < 4.78 is 0.892. The normalized spacial score (nSPS) is 13.9. The van der Waals surface area contributed by atoms with Gasteiger partial charge < -0.3 is 5.32 Å². The highest BCUT2D eigenvalue weighted by molar-refractivity contribution is 7.16. The first-order valence-electron chi connectivity index (χ1n) is 6.47. The van der Waals surface area contributed by atoms with Gasteiger partial charge in [0.05, 0.1) is 4.34 Å². The molecule has 0 aliphatic carbocycles. The molecule has 0 saturated heterocycles. The molecule has 1 aromatic rings. The van der Waals surface area contributed by atoms with Gasteiger partial charge in [-0.25, -0.2) is 0 Å². The number of thiophene rings is 1. The Kier molecular flexibility index (Phi) is 5.98. The van der Waals surface area contributed by atoms with Crippen molar-refractivity contribution in [1.82, 2.24) is 5.32 Å². The first-order chi connectivity index (χ1) is 7.99. The van der Waals surface area contributed by atoms with E-state index >= 15 is 0 Å². The van der Waals surface area contributed by atoms with E-state index in [2.05, 4.69) is 39.1 Å². The number of rotatable bonds is 7. The molecule has 17 heavy (non-hydrogen) atoms. The molecule has 1 rings (SSSR count). The molecule has 1 unspecified atom stereocenters.